The lowest BCUT2D eigenvalue weighted by Gasteiger charge is -2.10. The van der Waals surface area contributed by atoms with Gasteiger partial charge in [0.1, 0.15) is 5.82 Å². The number of hydrogen-bond acceptors (Lipinski definition) is 3. The molecule has 0 aliphatic carbocycles. The van der Waals surface area contributed by atoms with Crippen molar-refractivity contribution in [3.63, 3.8) is 0 Å². The lowest BCUT2D eigenvalue weighted by molar-refractivity contribution is 1.24. The van der Waals surface area contributed by atoms with Crippen LogP contribution in [0.25, 0.3) is 10.9 Å². The van der Waals surface area contributed by atoms with E-state index in [1.165, 1.54) is 0 Å². The summed E-state index contributed by atoms with van der Waals surface area (Å²) in [5, 5.41) is 4.44. The summed E-state index contributed by atoms with van der Waals surface area (Å²) in [5.74, 6) is 0.818. The summed E-state index contributed by atoms with van der Waals surface area (Å²) in [6.45, 7) is 1.99. The van der Waals surface area contributed by atoms with Crippen molar-refractivity contribution in [1.82, 2.24) is 9.97 Å². The standard InChI is InChI=1S/C15H12BrN3/c1-10-8-14(12-4-2-3-5-13(12)18-10)19-15-7-6-11(16)9-17-15/h2-9H,1H3,(H,17,18,19). The van der Waals surface area contributed by atoms with E-state index < -0.39 is 0 Å². The molecule has 2 heterocycles. The number of anilines is 2. The van der Waals surface area contributed by atoms with Crippen LogP contribution in [0.2, 0.25) is 0 Å². The summed E-state index contributed by atoms with van der Waals surface area (Å²) in [7, 11) is 0. The number of para-hydroxylation sites is 1. The second-order valence-electron chi connectivity index (χ2n) is 4.32. The van der Waals surface area contributed by atoms with E-state index in [0.29, 0.717) is 0 Å². The van der Waals surface area contributed by atoms with Gasteiger partial charge in [-0.1, -0.05) is 18.2 Å². The van der Waals surface area contributed by atoms with E-state index in [0.717, 1.165) is 32.6 Å². The van der Waals surface area contributed by atoms with Crippen LogP contribution in [0.1, 0.15) is 5.69 Å². The molecule has 0 amide bonds. The molecular formula is C15H12BrN3. The first kappa shape index (κ1) is 12.1. The molecule has 0 aliphatic rings. The van der Waals surface area contributed by atoms with Gasteiger partial charge in [0, 0.05) is 21.7 Å². The average molecular weight is 314 g/mol. The van der Waals surface area contributed by atoms with Crippen LogP contribution in [0.5, 0.6) is 0 Å². The highest BCUT2D eigenvalue weighted by atomic mass is 79.9. The Bertz CT molecular complexity index is 723. The second-order valence-corrected chi connectivity index (χ2v) is 5.23. The minimum atomic E-state index is 0.818. The Morgan fingerprint density at radius 1 is 1.11 bits per heavy atom. The van der Waals surface area contributed by atoms with Crippen molar-refractivity contribution in [2.75, 3.05) is 5.32 Å². The first-order valence-electron chi connectivity index (χ1n) is 5.97. The van der Waals surface area contributed by atoms with E-state index in [1.807, 2.05) is 43.3 Å². The SMILES string of the molecule is Cc1cc(Nc2ccc(Br)cn2)c2ccccc2n1. The van der Waals surface area contributed by atoms with Crippen LogP contribution in [0.4, 0.5) is 11.5 Å². The Morgan fingerprint density at radius 3 is 2.74 bits per heavy atom. The van der Waals surface area contributed by atoms with Gasteiger partial charge in [-0.2, -0.15) is 0 Å². The highest BCUT2D eigenvalue weighted by molar-refractivity contribution is 9.10. The van der Waals surface area contributed by atoms with Gasteiger partial charge in [0.2, 0.25) is 0 Å². The summed E-state index contributed by atoms with van der Waals surface area (Å²) in [6, 6.07) is 14.0. The van der Waals surface area contributed by atoms with E-state index in [2.05, 4.69) is 37.3 Å². The maximum absolute atomic E-state index is 4.52. The van der Waals surface area contributed by atoms with Crippen LogP contribution in [-0.2, 0) is 0 Å². The van der Waals surface area contributed by atoms with Crippen LogP contribution in [-0.4, -0.2) is 9.97 Å². The van der Waals surface area contributed by atoms with Crippen molar-refractivity contribution in [1.29, 1.82) is 0 Å². The van der Waals surface area contributed by atoms with Gasteiger partial charge in [-0.15, -0.1) is 0 Å². The molecule has 19 heavy (non-hydrogen) atoms. The van der Waals surface area contributed by atoms with Gasteiger partial charge in [0.05, 0.1) is 11.2 Å². The van der Waals surface area contributed by atoms with Gasteiger partial charge < -0.3 is 5.32 Å². The Labute approximate surface area is 119 Å². The molecule has 1 aromatic carbocycles. The fourth-order valence-electron chi connectivity index (χ4n) is 2.00. The summed E-state index contributed by atoms with van der Waals surface area (Å²) >= 11 is 3.38. The first-order chi connectivity index (χ1) is 9.22. The molecule has 2 aromatic heterocycles. The number of aromatic nitrogens is 2. The van der Waals surface area contributed by atoms with Gasteiger partial charge in [0.15, 0.2) is 0 Å². The highest BCUT2D eigenvalue weighted by Gasteiger charge is 2.04. The fourth-order valence-corrected chi connectivity index (χ4v) is 2.23. The number of benzene rings is 1. The van der Waals surface area contributed by atoms with E-state index in [1.54, 1.807) is 6.20 Å². The predicted molar refractivity (Wildman–Crippen MR) is 81.7 cm³/mol. The molecule has 0 radical (unpaired) electrons. The average Bonchev–Trinajstić information content (AvgIpc) is 2.41. The van der Waals surface area contributed by atoms with Crippen LogP contribution < -0.4 is 5.32 Å². The van der Waals surface area contributed by atoms with E-state index in [-0.39, 0.29) is 0 Å². The molecule has 3 aromatic rings. The van der Waals surface area contributed by atoms with Gasteiger partial charge in [-0.3, -0.25) is 4.98 Å². The largest absolute Gasteiger partial charge is 0.340 e. The van der Waals surface area contributed by atoms with E-state index >= 15 is 0 Å². The minimum absolute atomic E-state index is 0.818. The van der Waals surface area contributed by atoms with Crippen molar-refractivity contribution < 1.29 is 0 Å². The zero-order valence-electron chi connectivity index (χ0n) is 10.4. The van der Waals surface area contributed by atoms with Crippen molar-refractivity contribution >= 4 is 38.3 Å². The minimum Gasteiger partial charge on any atom is -0.340 e. The molecule has 0 saturated heterocycles. The summed E-state index contributed by atoms with van der Waals surface area (Å²) < 4.78 is 0.966. The number of nitrogens with zero attached hydrogens (tertiary/aromatic N) is 2. The summed E-state index contributed by atoms with van der Waals surface area (Å²) in [4.78, 5) is 8.86. The molecule has 0 atom stereocenters. The third kappa shape index (κ3) is 2.58. The van der Waals surface area contributed by atoms with Crippen LogP contribution >= 0.6 is 15.9 Å². The van der Waals surface area contributed by atoms with Crippen molar-refractivity contribution in [3.8, 4) is 0 Å². The molecule has 0 spiro atoms. The molecule has 3 nitrogen and oxygen atoms in total. The topological polar surface area (TPSA) is 37.8 Å². The Kier molecular flexibility index (Phi) is 3.17. The lowest BCUT2D eigenvalue weighted by Crippen LogP contribution is -1.96. The molecule has 0 bridgehead atoms. The maximum atomic E-state index is 4.52. The zero-order chi connectivity index (χ0) is 13.2. The number of fused-ring (bicyclic) bond motifs is 1. The monoisotopic (exact) mass is 313 g/mol. The number of aryl methyl sites for hydroxylation is 1. The smallest absolute Gasteiger partial charge is 0.130 e. The van der Waals surface area contributed by atoms with Gasteiger partial charge in [-0.05, 0) is 47.1 Å². The maximum Gasteiger partial charge on any atom is 0.130 e. The van der Waals surface area contributed by atoms with Crippen molar-refractivity contribution in [2.45, 2.75) is 6.92 Å². The van der Waals surface area contributed by atoms with Gasteiger partial charge >= 0.3 is 0 Å². The number of hydrogen-bond donors (Lipinski definition) is 1. The van der Waals surface area contributed by atoms with Gasteiger partial charge in [0.25, 0.3) is 0 Å². The summed E-state index contributed by atoms with van der Waals surface area (Å²) in [6.07, 6.45) is 1.78. The normalized spacial score (nSPS) is 10.6. The molecule has 0 fully saturated rings. The van der Waals surface area contributed by atoms with E-state index in [4.69, 9.17) is 0 Å². The van der Waals surface area contributed by atoms with E-state index in [9.17, 15) is 0 Å². The molecule has 4 heteroatoms. The summed E-state index contributed by atoms with van der Waals surface area (Å²) in [5.41, 5.74) is 3.00. The number of nitrogens with one attached hydrogen (secondary N) is 1. The molecular weight excluding hydrogens is 302 g/mol. The Hall–Kier alpha value is -1.94. The fraction of sp³-hybridized carbons (Fsp3) is 0.0667. The van der Waals surface area contributed by atoms with Crippen LogP contribution in [0.15, 0.2) is 53.1 Å². The van der Waals surface area contributed by atoms with Crippen molar-refractivity contribution in [3.05, 3.63) is 58.8 Å². The Balaban J connectivity index is 2.07. The zero-order valence-corrected chi connectivity index (χ0v) is 12.0. The third-order valence-electron chi connectivity index (χ3n) is 2.83. The second kappa shape index (κ2) is 4.97. The number of pyridine rings is 2. The molecule has 3 rings (SSSR count). The molecule has 0 unspecified atom stereocenters. The molecule has 1 N–H and O–H groups in total. The number of rotatable bonds is 2. The molecule has 94 valence electrons. The first-order valence-corrected chi connectivity index (χ1v) is 6.77. The third-order valence-corrected chi connectivity index (χ3v) is 3.30. The molecule has 0 aliphatic heterocycles. The van der Waals surface area contributed by atoms with Crippen molar-refractivity contribution in [2.24, 2.45) is 0 Å². The highest BCUT2D eigenvalue weighted by Crippen LogP contribution is 2.25. The van der Waals surface area contributed by atoms with Gasteiger partial charge in [-0.25, -0.2) is 4.98 Å². The lowest BCUT2D eigenvalue weighted by atomic mass is 10.1. The predicted octanol–water partition coefficient (Wildman–Crippen LogP) is 4.44. The number of halogens is 1. The van der Waals surface area contributed by atoms with Crippen LogP contribution in [0, 0.1) is 6.92 Å². The quantitative estimate of drug-likeness (QED) is 0.759. The Morgan fingerprint density at radius 2 is 1.95 bits per heavy atom. The molecule has 0 saturated carbocycles. The van der Waals surface area contributed by atoms with Crippen LogP contribution in [0.3, 0.4) is 0 Å².